The van der Waals surface area contributed by atoms with Crippen molar-refractivity contribution in [3.05, 3.63) is 184 Å². The molecular formula is C46H42IN7O6S3. The molecule has 0 aliphatic carbocycles. The van der Waals surface area contributed by atoms with Crippen molar-refractivity contribution >= 4 is 63.5 Å². The second-order valence-electron chi connectivity index (χ2n) is 14.1. The number of hydrogen-bond donors (Lipinski definition) is 3. The van der Waals surface area contributed by atoms with Crippen LogP contribution in [0.3, 0.4) is 0 Å². The first-order chi connectivity index (χ1) is 30.3. The number of ether oxygens (including phenoxy) is 2. The molecule has 2 amide bonds. The molecule has 4 aromatic carbocycles. The molecule has 1 fully saturated rings. The highest BCUT2D eigenvalue weighted by atomic mass is 127. The number of nitrogens with one attached hydrogen (secondary N) is 2. The van der Waals surface area contributed by atoms with Crippen LogP contribution >= 0.6 is 34.9 Å². The number of methoxy groups -OCH3 is 1. The summed E-state index contributed by atoms with van der Waals surface area (Å²) < 4.78 is 12.5. The zero-order valence-electron chi connectivity index (χ0n) is 34.1. The molecule has 0 unspecified atom stereocenters. The van der Waals surface area contributed by atoms with Crippen molar-refractivity contribution in [1.29, 1.82) is 0 Å². The standard InChI is InChI=1S/C46H41N7O6S3.HI/c1-57-35-20-18-30(19-21-35)26-59-44(56)40-31(27-60-36-22-24-52(47)25-23-36)28-61-43-39(42(55)53(40)43)49-41(54)38(51-58-2)37-29-62-45(48-37)50-46(32-12-6-3-7-13-32,33-14-8-4-9-15-33)34-16-10-5-11-17-34;/h3-25,29,39,43H,26-28,47H2,1-2H3,(H-,48,49,50,54);1H/b51-38-;/t39-,43-;/m1./s1. The Hall–Kier alpha value is -5.89. The fourth-order valence-electron chi connectivity index (χ4n) is 7.30. The Kier molecular flexibility index (Phi) is 14.7. The number of aromatic nitrogens is 2. The van der Waals surface area contributed by atoms with E-state index in [9.17, 15) is 14.4 Å². The average molecular weight is 1010 g/mol. The lowest BCUT2D eigenvalue weighted by molar-refractivity contribution is -0.639. The molecule has 4 N–H and O–H groups in total. The second-order valence-corrected chi connectivity index (χ2v) is 17.2. The number of thiazole rings is 1. The van der Waals surface area contributed by atoms with E-state index in [0.717, 1.165) is 32.7 Å². The van der Waals surface area contributed by atoms with Crippen LogP contribution in [0.4, 0.5) is 5.13 Å². The average Bonchev–Trinajstić information content (AvgIpc) is 3.79. The van der Waals surface area contributed by atoms with E-state index in [2.05, 4.69) is 52.2 Å². The topological polar surface area (TPSA) is 161 Å². The van der Waals surface area contributed by atoms with E-state index in [4.69, 9.17) is 25.1 Å². The Bertz CT molecular complexity index is 2500. The van der Waals surface area contributed by atoms with Crippen LogP contribution in [0.1, 0.15) is 27.9 Å². The molecule has 2 aromatic heterocycles. The first-order valence-electron chi connectivity index (χ1n) is 19.5. The highest BCUT2D eigenvalue weighted by Crippen LogP contribution is 2.43. The highest BCUT2D eigenvalue weighted by molar-refractivity contribution is 8.01. The molecule has 0 saturated carbocycles. The van der Waals surface area contributed by atoms with Gasteiger partial charge in [-0.25, -0.2) is 15.6 Å². The van der Waals surface area contributed by atoms with Crippen molar-refractivity contribution in [3.63, 3.8) is 0 Å². The summed E-state index contributed by atoms with van der Waals surface area (Å²) in [6.45, 7) is -0.00751. The van der Waals surface area contributed by atoms with Crippen molar-refractivity contribution in [3.8, 4) is 5.75 Å². The first kappa shape index (κ1) is 45.1. The third kappa shape index (κ3) is 9.70. The molecule has 13 nitrogen and oxygen atoms in total. The maximum absolute atomic E-state index is 14.1. The van der Waals surface area contributed by atoms with E-state index in [1.807, 2.05) is 78.9 Å². The highest BCUT2D eigenvalue weighted by Gasteiger charge is 2.55. The molecule has 63 heavy (non-hydrogen) atoms. The van der Waals surface area contributed by atoms with Crippen LogP contribution < -0.4 is 49.9 Å². The summed E-state index contributed by atoms with van der Waals surface area (Å²) in [6, 6.07) is 40.3. The monoisotopic (exact) mass is 1010 g/mol. The number of esters is 1. The third-order valence-electron chi connectivity index (χ3n) is 10.4. The lowest BCUT2D eigenvalue weighted by Crippen LogP contribution is -3.00. The number of nitrogen functional groups attached to an aromatic ring is 1. The number of oxime groups is 1. The largest absolute Gasteiger partial charge is 1.00 e. The van der Waals surface area contributed by atoms with Gasteiger partial charge in [0.05, 0.1) is 7.11 Å². The minimum atomic E-state index is -0.958. The van der Waals surface area contributed by atoms with Crippen LogP contribution in [0.2, 0.25) is 0 Å². The Morgan fingerprint density at radius 3 is 2.08 bits per heavy atom. The summed E-state index contributed by atoms with van der Waals surface area (Å²) in [5.74, 6) is 5.61. The smallest absolute Gasteiger partial charge is 0.355 e. The van der Waals surface area contributed by atoms with E-state index >= 15 is 0 Å². The molecule has 1 saturated heterocycles. The number of amides is 2. The van der Waals surface area contributed by atoms with Crippen LogP contribution in [0, 0.1) is 0 Å². The van der Waals surface area contributed by atoms with Crippen LogP contribution in [-0.4, -0.2) is 70.5 Å². The second kappa shape index (κ2) is 20.5. The lowest BCUT2D eigenvalue weighted by atomic mass is 9.77. The Morgan fingerprint density at radius 2 is 1.51 bits per heavy atom. The summed E-state index contributed by atoms with van der Waals surface area (Å²) in [7, 11) is 2.92. The molecular weight excluding hydrogens is 970 g/mol. The van der Waals surface area contributed by atoms with Crippen molar-refractivity contribution < 1.29 is 57.3 Å². The third-order valence-corrected chi connectivity index (χ3v) is 13.5. The number of β-lactam (4-membered cyclic amide) rings is 1. The van der Waals surface area contributed by atoms with Crippen molar-refractivity contribution in [1.82, 2.24) is 15.2 Å². The van der Waals surface area contributed by atoms with E-state index < -0.39 is 34.7 Å². The number of anilines is 1. The van der Waals surface area contributed by atoms with Gasteiger partial charge in [-0.2, -0.15) is 0 Å². The van der Waals surface area contributed by atoms with E-state index in [1.54, 1.807) is 37.0 Å². The molecule has 6 aromatic rings. The number of nitrogens with two attached hydrogens (primary N) is 1. The molecule has 322 valence electrons. The molecule has 0 spiro atoms. The maximum atomic E-state index is 14.1. The summed E-state index contributed by atoms with van der Waals surface area (Å²) >= 11 is 4.28. The number of halogens is 1. The molecule has 0 radical (unpaired) electrons. The number of pyridine rings is 1. The van der Waals surface area contributed by atoms with E-state index in [0.29, 0.717) is 22.4 Å². The van der Waals surface area contributed by atoms with Crippen LogP contribution in [0.5, 0.6) is 5.75 Å². The molecule has 2 aliphatic heterocycles. The number of rotatable bonds is 16. The summed E-state index contributed by atoms with van der Waals surface area (Å²) in [5, 5.41) is 12.3. The van der Waals surface area contributed by atoms with Crippen molar-refractivity contribution in [2.24, 2.45) is 5.16 Å². The molecule has 8 rings (SSSR count). The number of fused-ring (bicyclic) bond motifs is 1. The Labute approximate surface area is 394 Å². The zero-order valence-corrected chi connectivity index (χ0v) is 38.7. The van der Waals surface area contributed by atoms with E-state index in [-0.39, 0.29) is 47.7 Å². The van der Waals surface area contributed by atoms with Gasteiger partial charge in [0.25, 0.3) is 11.8 Å². The van der Waals surface area contributed by atoms with Gasteiger partial charge in [-0.05, 0) is 40.0 Å². The van der Waals surface area contributed by atoms with Gasteiger partial charge >= 0.3 is 5.97 Å². The van der Waals surface area contributed by atoms with Gasteiger partial charge in [-0.1, -0.05) is 113 Å². The number of carbonyl (C=O) groups is 3. The summed E-state index contributed by atoms with van der Waals surface area (Å²) in [5.41, 5.74) is 3.92. The number of benzene rings is 4. The molecule has 2 aliphatic rings. The molecule has 0 bridgehead atoms. The summed E-state index contributed by atoms with van der Waals surface area (Å²) in [6.07, 6.45) is 3.46. The number of carbonyl (C=O) groups excluding carboxylic acids is 3. The maximum Gasteiger partial charge on any atom is 0.355 e. The predicted molar refractivity (Wildman–Crippen MR) is 241 cm³/mol. The van der Waals surface area contributed by atoms with Gasteiger partial charge in [0.1, 0.15) is 47.8 Å². The van der Waals surface area contributed by atoms with Gasteiger partial charge < -0.3 is 48.9 Å². The fourth-order valence-corrected chi connectivity index (χ4v) is 10.4. The zero-order chi connectivity index (χ0) is 43.1. The van der Waals surface area contributed by atoms with Gasteiger partial charge in [0.15, 0.2) is 23.2 Å². The first-order valence-corrected chi connectivity index (χ1v) is 22.4. The number of hydrogen-bond acceptors (Lipinski definition) is 13. The SMILES string of the molecule is CO/N=C(\C(=O)N[C@@H]1C(=O)N2C(C(=O)OCc3ccc(OC)cc3)=C(CSc3cc[n+](N)cc3)CS[C@H]12)c1csc(NC(c2ccccc2)(c2ccccc2)c2ccccc2)n1.[I-]. The number of nitrogens with zero attached hydrogens (tertiary/aromatic N) is 4. The van der Waals surface area contributed by atoms with Crippen LogP contribution in [0.15, 0.2) is 166 Å². The Morgan fingerprint density at radius 1 is 0.905 bits per heavy atom. The minimum absolute atomic E-state index is 0. The van der Waals surface area contributed by atoms with E-state index in [1.165, 1.54) is 51.5 Å². The van der Waals surface area contributed by atoms with Crippen LogP contribution in [-0.2, 0) is 36.1 Å². The minimum Gasteiger partial charge on any atom is -1.00 e. The van der Waals surface area contributed by atoms with Crippen molar-refractivity contribution in [2.75, 3.05) is 36.9 Å². The molecule has 17 heteroatoms. The Balaban J connectivity index is 0.00000595. The quantitative estimate of drug-likeness (QED) is 0.0151. The molecule has 2 atom stereocenters. The molecule has 4 heterocycles. The van der Waals surface area contributed by atoms with Gasteiger partial charge in [0, 0.05) is 33.9 Å². The van der Waals surface area contributed by atoms with Gasteiger partial charge in [0.2, 0.25) is 0 Å². The predicted octanol–water partition coefficient (Wildman–Crippen LogP) is 3.10. The van der Waals surface area contributed by atoms with Gasteiger partial charge in [-0.15, -0.1) is 34.9 Å². The number of thioether (sulfide) groups is 2. The normalized spacial score (nSPS) is 15.9. The summed E-state index contributed by atoms with van der Waals surface area (Å²) in [4.78, 5) is 54.4. The van der Waals surface area contributed by atoms with Crippen molar-refractivity contribution in [2.45, 2.75) is 28.5 Å². The van der Waals surface area contributed by atoms with Crippen LogP contribution in [0.25, 0.3) is 0 Å². The van der Waals surface area contributed by atoms with Gasteiger partial charge in [-0.3, -0.25) is 14.5 Å². The fraction of sp³-hybridized carbons (Fsp3) is 0.174. The lowest BCUT2D eigenvalue weighted by Gasteiger charge is -2.49.